The molecule has 4 aliphatic rings. The molecule has 2 aliphatic heterocycles. The second-order valence-corrected chi connectivity index (χ2v) is 12.3. The van der Waals surface area contributed by atoms with Gasteiger partial charge in [-0.2, -0.15) is 0 Å². The van der Waals surface area contributed by atoms with Crippen molar-refractivity contribution in [2.45, 2.75) is 49.7 Å². The summed E-state index contributed by atoms with van der Waals surface area (Å²) in [6.45, 7) is 1.19. The number of fused-ring (bicyclic) bond motifs is 1. The van der Waals surface area contributed by atoms with Gasteiger partial charge in [0, 0.05) is 42.4 Å². The predicted octanol–water partition coefficient (Wildman–Crippen LogP) is 4.67. The summed E-state index contributed by atoms with van der Waals surface area (Å²) in [6.07, 6.45) is 8.05. The van der Waals surface area contributed by atoms with Crippen LogP contribution in [0.5, 0.6) is 0 Å². The van der Waals surface area contributed by atoms with Crippen LogP contribution in [-0.2, 0) is 9.53 Å². The lowest BCUT2D eigenvalue weighted by Gasteiger charge is -2.24. The molecular weight excluding hydrogens is 570 g/mol. The molecule has 0 spiro atoms. The van der Waals surface area contributed by atoms with Crippen molar-refractivity contribution < 1.29 is 19.4 Å². The molecule has 2 amide bonds. The summed E-state index contributed by atoms with van der Waals surface area (Å²) >= 11 is 6.14. The number of anilines is 3. The lowest BCUT2D eigenvalue weighted by Crippen LogP contribution is -2.26. The van der Waals surface area contributed by atoms with Crippen LogP contribution in [-0.4, -0.2) is 62.3 Å². The van der Waals surface area contributed by atoms with Crippen molar-refractivity contribution >= 4 is 46.6 Å². The normalized spacial score (nSPS) is 24.9. The van der Waals surface area contributed by atoms with Crippen molar-refractivity contribution in [1.82, 2.24) is 19.4 Å². The first kappa shape index (κ1) is 26.4. The molecule has 4 aromatic rings. The lowest BCUT2D eigenvalue weighted by atomic mass is 10.1. The molecule has 0 radical (unpaired) electrons. The molecule has 43 heavy (non-hydrogen) atoms. The maximum absolute atomic E-state index is 13.0. The number of aliphatic hydroxyl groups is 1. The van der Waals surface area contributed by atoms with E-state index < -0.39 is 6.10 Å². The van der Waals surface area contributed by atoms with E-state index in [2.05, 4.69) is 27.5 Å². The Morgan fingerprint density at radius 2 is 1.98 bits per heavy atom. The number of benzene rings is 1. The summed E-state index contributed by atoms with van der Waals surface area (Å²) in [5.41, 5.74) is 4.43. The molecule has 2 aliphatic carbocycles. The summed E-state index contributed by atoms with van der Waals surface area (Å²) < 4.78 is 7.22. The van der Waals surface area contributed by atoms with E-state index in [1.807, 2.05) is 39.8 Å². The Morgan fingerprint density at radius 1 is 1.09 bits per heavy atom. The molecule has 4 fully saturated rings. The van der Waals surface area contributed by atoms with Crippen LogP contribution in [0.1, 0.15) is 60.4 Å². The van der Waals surface area contributed by atoms with Crippen molar-refractivity contribution in [2.24, 2.45) is 5.92 Å². The summed E-state index contributed by atoms with van der Waals surface area (Å²) in [7, 11) is 0. The largest absolute Gasteiger partial charge is 0.447 e. The fraction of sp³-hybridized carbons (Fsp3) is 0.387. The molecular formula is C31H30ClN7O4. The molecule has 2 saturated carbocycles. The van der Waals surface area contributed by atoms with Gasteiger partial charge in [0.25, 0.3) is 0 Å². The average molecular weight is 600 g/mol. The van der Waals surface area contributed by atoms with Gasteiger partial charge >= 0.3 is 6.09 Å². The minimum absolute atomic E-state index is 0.0904. The molecule has 8 rings (SSSR count). The van der Waals surface area contributed by atoms with E-state index in [4.69, 9.17) is 21.3 Å². The molecule has 0 unspecified atom stereocenters. The van der Waals surface area contributed by atoms with Crippen molar-refractivity contribution in [3.05, 3.63) is 77.0 Å². The van der Waals surface area contributed by atoms with E-state index in [-0.39, 0.29) is 29.9 Å². The molecule has 2 saturated heterocycles. The Kier molecular flexibility index (Phi) is 6.27. The maximum Gasteiger partial charge on any atom is 0.414 e. The van der Waals surface area contributed by atoms with Gasteiger partial charge in [-0.3, -0.25) is 9.69 Å². The number of carbonyl (C=O) groups excluding carboxylic acids is 2. The van der Waals surface area contributed by atoms with Crippen LogP contribution in [0, 0.1) is 5.92 Å². The number of halogens is 1. The number of amides is 2. The fourth-order valence-electron chi connectivity index (χ4n) is 6.46. The van der Waals surface area contributed by atoms with E-state index in [1.165, 1.54) is 11.9 Å². The number of imidazole rings is 1. The SMILES string of the molecule is O=C(Nc1cc(N2C[C@@H](O)C[C@@H]2c2cn3cc(C4CC4)cc(N4CCOC4=O)c3n2)ncn1)[C@H]1C[C@@H]1c1cccc(Cl)c1. The zero-order chi connectivity index (χ0) is 29.2. The van der Waals surface area contributed by atoms with Gasteiger partial charge < -0.3 is 24.5 Å². The topological polar surface area (TPSA) is 125 Å². The molecule has 12 heteroatoms. The molecule has 11 nitrogen and oxygen atoms in total. The Bertz CT molecular complexity index is 1760. The third-order valence-electron chi connectivity index (χ3n) is 8.89. The monoisotopic (exact) mass is 599 g/mol. The number of rotatable bonds is 7. The summed E-state index contributed by atoms with van der Waals surface area (Å²) in [5.74, 6) is 1.40. The molecule has 3 aromatic heterocycles. The highest BCUT2D eigenvalue weighted by Gasteiger charge is 2.44. The van der Waals surface area contributed by atoms with Crippen LogP contribution >= 0.6 is 11.6 Å². The number of hydrogen-bond donors (Lipinski definition) is 2. The van der Waals surface area contributed by atoms with Crippen molar-refractivity contribution in [3.8, 4) is 0 Å². The zero-order valence-corrected chi connectivity index (χ0v) is 24.0. The molecule has 5 heterocycles. The number of hydrogen-bond acceptors (Lipinski definition) is 8. The van der Waals surface area contributed by atoms with E-state index in [0.29, 0.717) is 54.3 Å². The number of ether oxygens (including phenoxy) is 1. The molecule has 4 atom stereocenters. The van der Waals surface area contributed by atoms with E-state index >= 15 is 0 Å². The highest BCUT2D eigenvalue weighted by molar-refractivity contribution is 6.30. The number of cyclic esters (lactones) is 1. The van der Waals surface area contributed by atoms with Crippen molar-refractivity contribution in [3.63, 3.8) is 0 Å². The third kappa shape index (κ3) is 4.96. The minimum atomic E-state index is -0.581. The Hall–Kier alpha value is -4.22. The van der Waals surface area contributed by atoms with Gasteiger partial charge in [0.2, 0.25) is 5.91 Å². The van der Waals surface area contributed by atoms with E-state index in [9.17, 15) is 14.7 Å². The number of nitrogens with zero attached hydrogens (tertiary/aromatic N) is 6. The van der Waals surface area contributed by atoms with Gasteiger partial charge in [-0.05, 0) is 60.4 Å². The third-order valence-corrected chi connectivity index (χ3v) is 9.13. The van der Waals surface area contributed by atoms with Gasteiger partial charge in [0.05, 0.1) is 30.1 Å². The van der Waals surface area contributed by atoms with Crippen molar-refractivity contribution in [1.29, 1.82) is 0 Å². The number of β-amino-alcohol motifs (C(OH)–C–C–N with tert-alkyl or cyclic N) is 1. The van der Waals surface area contributed by atoms with Gasteiger partial charge in [-0.1, -0.05) is 23.7 Å². The quantitative estimate of drug-likeness (QED) is 0.314. The van der Waals surface area contributed by atoms with Crippen LogP contribution in [0.4, 0.5) is 22.1 Å². The number of aliphatic hydroxyl groups excluding tert-OH is 1. The van der Waals surface area contributed by atoms with E-state index in [0.717, 1.165) is 36.2 Å². The fourth-order valence-corrected chi connectivity index (χ4v) is 6.66. The number of nitrogens with one attached hydrogen (secondary N) is 1. The van der Waals surface area contributed by atoms with Gasteiger partial charge in [0.15, 0.2) is 5.65 Å². The second-order valence-electron chi connectivity index (χ2n) is 11.9. The Morgan fingerprint density at radius 3 is 2.77 bits per heavy atom. The highest BCUT2D eigenvalue weighted by atomic mass is 35.5. The predicted molar refractivity (Wildman–Crippen MR) is 160 cm³/mol. The summed E-state index contributed by atoms with van der Waals surface area (Å²) in [6, 6.07) is 11.2. The summed E-state index contributed by atoms with van der Waals surface area (Å²) in [4.78, 5) is 43.0. The standard InChI is InChI=1S/C31H30ClN7O4/c32-20-3-1-2-18(8-20)22-11-23(22)30(41)36-27-12-28(34-16-33-27)39-14-21(40)10-25(39)24-15-37-13-19(17-4-5-17)9-26(29(37)35-24)38-6-7-43-31(38)42/h1-3,8-9,12-13,15-17,21-23,25,40H,4-7,10-11,14H2,(H,33,34,36,41)/t21-,22+,23-,25+/m0/s1. The molecule has 0 bridgehead atoms. The highest BCUT2D eigenvalue weighted by Crippen LogP contribution is 2.48. The first-order chi connectivity index (χ1) is 20.9. The number of pyridine rings is 1. The molecule has 2 N–H and O–H groups in total. The molecule has 1 aromatic carbocycles. The van der Waals surface area contributed by atoms with Crippen LogP contribution < -0.4 is 15.1 Å². The van der Waals surface area contributed by atoms with Gasteiger partial charge in [-0.15, -0.1) is 0 Å². The van der Waals surface area contributed by atoms with Gasteiger partial charge in [0.1, 0.15) is 24.6 Å². The Balaban J connectivity index is 1.06. The minimum Gasteiger partial charge on any atom is -0.447 e. The smallest absolute Gasteiger partial charge is 0.414 e. The summed E-state index contributed by atoms with van der Waals surface area (Å²) in [5, 5.41) is 14.4. The number of carbonyl (C=O) groups is 2. The van der Waals surface area contributed by atoms with Crippen LogP contribution in [0.2, 0.25) is 5.02 Å². The van der Waals surface area contributed by atoms with Crippen LogP contribution in [0.25, 0.3) is 5.65 Å². The maximum atomic E-state index is 13.0. The van der Waals surface area contributed by atoms with E-state index in [1.54, 1.807) is 11.0 Å². The molecule has 220 valence electrons. The number of aromatic nitrogens is 4. The average Bonchev–Trinajstić information content (AvgIpc) is 3.88. The Labute approximate surface area is 252 Å². The lowest BCUT2D eigenvalue weighted by molar-refractivity contribution is -0.117. The zero-order valence-electron chi connectivity index (χ0n) is 23.3. The van der Waals surface area contributed by atoms with Crippen molar-refractivity contribution in [2.75, 3.05) is 34.8 Å². The van der Waals surface area contributed by atoms with Crippen LogP contribution in [0.15, 0.2) is 55.1 Å². The second kappa shape index (κ2) is 10.2. The van der Waals surface area contributed by atoms with Gasteiger partial charge in [-0.25, -0.2) is 19.7 Å². The first-order valence-electron chi connectivity index (χ1n) is 14.7. The first-order valence-corrected chi connectivity index (χ1v) is 15.1. The van der Waals surface area contributed by atoms with Crippen LogP contribution in [0.3, 0.4) is 0 Å².